The zero-order chi connectivity index (χ0) is 14.5. The van der Waals surface area contributed by atoms with Crippen molar-refractivity contribution in [3.63, 3.8) is 0 Å². The van der Waals surface area contributed by atoms with E-state index in [0.29, 0.717) is 27.6 Å². The lowest BCUT2D eigenvalue weighted by Crippen LogP contribution is -2.03. The van der Waals surface area contributed by atoms with Crippen LogP contribution in [-0.4, -0.2) is 7.11 Å². The first-order valence-electron chi connectivity index (χ1n) is 5.90. The number of hydrogen-bond acceptors (Lipinski definition) is 3. The fourth-order valence-electron chi connectivity index (χ4n) is 1.79. The molecule has 2 rings (SSSR count). The predicted octanol–water partition coefficient (Wildman–Crippen LogP) is 3.97. The second kappa shape index (κ2) is 6.27. The quantitative estimate of drug-likeness (QED) is 0.926. The van der Waals surface area contributed by atoms with Crippen LogP contribution in [0.4, 0.5) is 10.1 Å². The molecule has 0 atom stereocenters. The van der Waals surface area contributed by atoms with Crippen LogP contribution in [0.15, 0.2) is 36.4 Å². The normalized spacial score (nSPS) is 9.90. The number of nitriles is 1. The highest BCUT2D eigenvalue weighted by molar-refractivity contribution is 6.30. The van der Waals surface area contributed by atoms with Gasteiger partial charge in [-0.1, -0.05) is 11.6 Å². The van der Waals surface area contributed by atoms with E-state index in [4.69, 9.17) is 21.6 Å². The standard InChI is InChI=1S/C15H12ClFN2O/c1-20-15-5-3-12(16)7-14(15)19-9-11-6-10(8-18)2-4-13(11)17/h2-7,19H,9H2,1H3. The summed E-state index contributed by atoms with van der Waals surface area (Å²) >= 11 is 5.92. The third-order valence-corrected chi connectivity index (χ3v) is 3.04. The van der Waals surface area contributed by atoms with Gasteiger partial charge in [-0.3, -0.25) is 0 Å². The fraction of sp³-hybridized carbons (Fsp3) is 0.133. The molecule has 102 valence electrons. The molecule has 0 unspecified atom stereocenters. The monoisotopic (exact) mass is 290 g/mol. The number of benzene rings is 2. The average molecular weight is 291 g/mol. The van der Waals surface area contributed by atoms with Crippen molar-refractivity contribution in [3.8, 4) is 11.8 Å². The van der Waals surface area contributed by atoms with E-state index in [2.05, 4.69) is 5.32 Å². The molecule has 0 aliphatic carbocycles. The lowest BCUT2D eigenvalue weighted by atomic mass is 10.1. The van der Waals surface area contributed by atoms with Gasteiger partial charge >= 0.3 is 0 Å². The van der Waals surface area contributed by atoms with Gasteiger partial charge in [-0.05, 0) is 36.4 Å². The van der Waals surface area contributed by atoms with Crippen molar-refractivity contribution in [2.75, 3.05) is 12.4 Å². The van der Waals surface area contributed by atoms with E-state index in [0.717, 1.165) is 0 Å². The molecule has 0 saturated carbocycles. The number of nitrogens with zero attached hydrogens (tertiary/aromatic N) is 1. The van der Waals surface area contributed by atoms with Crippen molar-refractivity contribution in [3.05, 3.63) is 58.4 Å². The van der Waals surface area contributed by atoms with Crippen LogP contribution in [-0.2, 0) is 6.54 Å². The molecule has 0 saturated heterocycles. The topological polar surface area (TPSA) is 45.0 Å². The number of ether oxygens (including phenoxy) is 1. The molecule has 20 heavy (non-hydrogen) atoms. The van der Waals surface area contributed by atoms with Crippen molar-refractivity contribution in [2.24, 2.45) is 0 Å². The van der Waals surface area contributed by atoms with Gasteiger partial charge in [-0.15, -0.1) is 0 Å². The average Bonchev–Trinajstić information content (AvgIpc) is 2.46. The van der Waals surface area contributed by atoms with E-state index in [1.54, 1.807) is 25.3 Å². The van der Waals surface area contributed by atoms with Crippen molar-refractivity contribution < 1.29 is 9.13 Å². The predicted molar refractivity (Wildman–Crippen MR) is 76.4 cm³/mol. The fourth-order valence-corrected chi connectivity index (χ4v) is 1.96. The smallest absolute Gasteiger partial charge is 0.142 e. The van der Waals surface area contributed by atoms with Crippen molar-refractivity contribution >= 4 is 17.3 Å². The van der Waals surface area contributed by atoms with E-state index in [1.165, 1.54) is 18.2 Å². The summed E-state index contributed by atoms with van der Waals surface area (Å²) in [6.07, 6.45) is 0. The summed E-state index contributed by atoms with van der Waals surface area (Å²) in [5, 5.41) is 12.4. The Morgan fingerprint density at radius 3 is 2.80 bits per heavy atom. The van der Waals surface area contributed by atoms with Crippen LogP contribution in [0.2, 0.25) is 5.02 Å². The molecule has 5 heteroatoms. The zero-order valence-corrected chi connectivity index (χ0v) is 11.5. The Labute approximate surface area is 121 Å². The molecule has 2 aromatic carbocycles. The zero-order valence-electron chi connectivity index (χ0n) is 10.8. The van der Waals surface area contributed by atoms with Gasteiger partial charge in [0.05, 0.1) is 24.4 Å². The molecule has 0 spiro atoms. The lowest BCUT2D eigenvalue weighted by molar-refractivity contribution is 0.416. The van der Waals surface area contributed by atoms with E-state index < -0.39 is 0 Å². The highest BCUT2D eigenvalue weighted by Gasteiger charge is 2.07. The minimum atomic E-state index is -0.363. The molecule has 2 aromatic rings. The molecule has 1 N–H and O–H groups in total. The summed E-state index contributed by atoms with van der Waals surface area (Å²) in [6, 6.07) is 11.4. The Morgan fingerprint density at radius 1 is 1.30 bits per heavy atom. The van der Waals surface area contributed by atoms with Crippen LogP contribution in [0, 0.1) is 17.1 Å². The molecule has 0 aliphatic rings. The van der Waals surface area contributed by atoms with Crippen LogP contribution >= 0.6 is 11.6 Å². The van der Waals surface area contributed by atoms with Crippen molar-refractivity contribution in [1.82, 2.24) is 0 Å². The highest BCUT2D eigenvalue weighted by atomic mass is 35.5. The Balaban J connectivity index is 2.21. The van der Waals surface area contributed by atoms with Gasteiger partial charge in [0.1, 0.15) is 11.6 Å². The summed E-state index contributed by atoms with van der Waals surface area (Å²) < 4.78 is 18.9. The molecule has 0 radical (unpaired) electrons. The number of nitrogens with one attached hydrogen (secondary N) is 1. The van der Waals surface area contributed by atoms with E-state index >= 15 is 0 Å². The van der Waals surface area contributed by atoms with Gasteiger partial charge in [0, 0.05) is 17.1 Å². The van der Waals surface area contributed by atoms with Crippen LogP contribution in [0.25, 0.3) is 0 Å². The Kier molecular flexibility index (Phi) is 4.44. The minimum Gasteiger partial charge on any atom is -0.495 e. The number of anilines is 1. The molecule has 3 nitrogen and oxygen atoms in total. The molecule has 0 heterocycles. The van der Waals surface area contributed by atoms with Gasteiger partial charge in [0.15, 0.2) is 0 Å². The molecular formula is C15H12ClFN2O. The first-order valence-corrected chi connectivity index (χ1v) is 6.28. The van der Waals surface area contributed by atoms with Crippen LogP contribution in [0.5, 0.6) is 5.75 Å². The largest absolute Gasteiger partial charge is 0.495 e. The Bertz CT molecular complexity index is 665. The Hall–Kier alpha value is -2.25. The molecule has 0 aliphatic heterocycles. The van der Waals surface area contributed by atoms with Crippen molar-refractivity contribution in [1.29, 1.82) is 5.26 Å². The molecule has 0 aromatic heterocycles. The molecular weight excluding hydrogens is 279 g/mol. The second-order valence-corrected chi connectivity index (χ2v) is 4.55. The lowest BCUT2D eigenvalue weighted by Gasteiger charge is -2.12. The van der Waals surface area contributed by atoms with Crippen molar-refractivity contribution in [2.45, 2.75) is 6.54 Å². The summed E-state index contributed by atoms with van der Waals surface area (Å²) in [5.41, 5.74) is 1.49. The summed E-state index contributed by atoms with van der Waals surface area (Å²) in [5.74, 6) is 0.253. The van der Waals surface area contributed by atoms with Crippen LogP contribution in [0.1, 0.15) is 11.1 Å². The highest BCUT2D eigenvalue weighted by Crippen LogP contribution is 2.28. The third kappa shape index (κ3) is 3.19. The third-order valence-electron chi connectivity index (χ3n) is 2.81. The van der Waals surface area contributed by atoms with Gasteiger partial charge in [0.2, 0.25) is 0 Å². The van der Waals surface area contributed by atoms with Gasteiger partial charge < -0.3 is 10.1 Å². The maximum atomic E-state index is 13.7. The molecule has 0 bridgehead atoms. The molecule has 0 amide bonds. The summed E-state index contributed by atoms with van der Waals surface area (Å²) in [6.45, 7) is 0.234. The number of methoxy groups -OCH3 is 1. The first-order chi connectivity index (χ1) is 9.63. The SMILES string of the molecule is COc1ccc(Cl)cc1NCc1cc(C#N)ccc1F. The van der Waals surface area contributed by atoms with E-state index in [9.17, 15) is 4.39 Å². The maximum Gasteiger partial charge on any atom is 0.142 e. The van der Waals surface area contributed by atoms with Gasteiger partial charge in [0.25, 0.3) is 0 Å². The molecule has 0 fully saturated rings. The van der Waals surface area contributed by atoms with Crippen LogP contribution in [0.3, 0.4) is 0 Å². The number of halogens is 2. The summed E-state index contributed by atoms with van der Waals surface area (Å²) in [7, 11) is 1.55. The van der Waals surface area contributed by atoms with Crippen LogP contribution < -0.4 is 10.1 Å². The van der Waals surface area contributed by atoms with Gasteiger partial charge in [-0.25, -0.2) is 4.39 Å². The summed E-state index contributed by atoms with van der Waals surface area (Å²) in [4.78, 5) is 0. The first kappa shape index (κ1) is 14.2. The Morgan fingerprint density at radius 2 is 2.10 bits per heavy atom. The number of rotatable bonds is 4. The second-order valence-electron chi connectivity index (χ2n) is 4.12. The number of hydrogen-bond donors (Lipinski definition) is 1. The maximum absolute atomic E-state index is 13.7. The van der Waals surface area contributed by atoms with Gasteiger partial charge in [-0.2, -0.15) is 5.26 Å². The van der Waals surface area contributed by atoms with E-state index in [-0.39, 0.29) is 12.4 Å². The minimum absolute atomic E-state index is 0.234. The van der Waals surface area contributed by atoms with E-state index in [1.807, 2.05) is 6.07 Å².